The largest absolute Gasteiger partial charge is 0.128 e. The van der Waals surface area contributed by atoms with E-state index in [1.54, 1.807) is 11.3 Å². The van der Waals surface area contributed by atoms with E-state index in [0.717, 1.165) is 15.2 Å². The summed E-state index contributed by atoms with van der Waals surface area (Å²) in [6.45, 7) is 0. The Morgan fingerprint density at radius 1 is 1.27 bits per heavy atom. The van der Waals surface area contributed by atoms with Crippen molar-refractivity contribution < 1.29 is 0 Å². The van der Waals surface area contributed by atoms with E-state index in [9.17, 15) is 0 Å². The van der Waals surface area contributed by atoms with E-state index in [1.807, 2.05) is 6.07 Å². The summed E-state index contributed by atoms with van der Waals surface area (Å²) >= 11 is 13.4. The van der Waals surface area contributed by atoms with Crippen molar-refractivity contribution in [2.24, 2.45) is 0 Å². The van der Waals surface area contributed by atoms with Crippen LogP contribution in [0, 0.1) is 3.57 Å². The fraction of sp³-hybridized carbons (Fsp3) is 0.0909. The molecule has 0 radical (unpaired) electrons. The minimum Gasteiger partial charge on any atom is -0.128 e. The zero-order valence-electron chi connectivity index (χ0n) is 7.64. The second kappa shape index (κ2) is 5.17. The van der Waals surface area contributed by atoms with Crippen molar-refractivity contribution >= 4 is 61.5 Å². The summed E-state index contributed by atoms with van der Waals surface area (Å²) in [6.07, 6.45) is 0.953. The third kappa shape index (κ3) is 3.19. The summed E-state index contributed by atoms with van der Waals surface area (Å²) in [6, 6.07) is 10.4. The number of thiophene rings is 1. The molecule has 78 valence electrons. The Kier molecular flexibility index (Phi) is 4.10. The highest BCUT2D eigenvalue weighted by Crippen LogP contribution is 2.26. The average molecular weight is 414 g/mol. The Morgan fingerprint density at radius 2 is 2.07 bits per heavy atom. The van der Waals surface area contributed by atoms with Crippen molar-refractivity contribution in [1.29, 1.82) is 0 Å². The van der Waals surface area contributed by atoms with Crippen LogP contribution in [-0.2, 0) is 6.42 Å². The smallest absolute Gasteiger partial charge is 0.0931 e. The van der Waals surface area contributed by atoms with Crippen molar-refractivity contribution in [2.75, 3.05) is 0 Å². The van der Waals surface area contributed by atoms with E-state index in [-0.39, 0.29) is 0 Å². The fourth-order valence-corrected chi connectivity index (χ4v) is 3.36. The van der Waals surface area contributed by atoms with Gasteiger partial charge in [-0.15, -0.1) is 11.3 Å². The van der Waals surface area contributed by atoms with Crippen LogP contribution in [0.25, 0.3) is 0 Å². The van der Waals surface area contributed by atoms with Crippen LogP contribution in [0.3, 0.4) is 0 Å². The maximum absolute atomic E-state index is 5.91. The highest BCUT2D eigenvalue weighted by molar-refractivity contribution is 14.1. The normalized spacial score (nSPS) is 10.6. The molecule has 0 bridgehead atoms. The Labute approximate surface area is 120 Å². The monoisotopic (exact) mass is 412 g/mol. The van der Waals surface area contributed by atoms with Gasteiger partial charge in [0.1, 0.15) is 0 Å². The van der Waals surface area contributed by atoms with Crippen molar-refractivity contribution in [3.63, 3.8) is 0 Å². The van der Waals surface area contributed by atoms with E-state index in [4.69, 9.17) is 11.6 Å². The third-order valence-electron chi connectivity index (χ3n) is 2.00. The Bertz CT molecular complexity index is 481. The van der Waals surface area contributed by atoms with Gasteiger partial charge in [0.05, 0.1) is 4.34 Å². The molecule has 0 aliphatic carbocycles. The molecule has 0 aliphatic rings. The minimum atomic E-state index is 0.856. The van der Waals surface area contributed by atoms with Crippen LogP contribution in [0.2, 0.25) is 4.34 Å². The summed E-state index contributed by atoms with van der Waals surface area (Å²) in [7, 11) is 0. The molecule has 2 rings (SSSR count). The summed E-state index contributed by atoms with van der Waals surface area (Å²) in [4.78, 5) is 1.30. The lowest BCUT2D eigenvalue weighted by Crippen LogP contribution is -1.88. The molecule has 15 heavy (non-hydrogen) atoms. The first-order valence-corrected chi connectivity index (χ1v) is 7.40. The summed E-state index contributed by atoms with van der Waals surface area (Å²) in [5, 5.41) is 0. The number of rotatable bonds is 2. The van der Waals surface area contributed by atoms with Crippen molar-refractivity contribution in [2.45, 2.75) is 6.42 Å². The molecule has 0 unspecified atom stereocenters. The van der Waals surface area contributed by atoms with Crippen LogP contribution in [-0.4, -0.2) is 0 Å². The van der Waals surface area contributed by atoms with E-state index in [2.05, 4.69) is 62.8 Å². The van der Waals surface area contributed by atoms with Gasteiger partial charge in [-0.3, -0.25) is 0 Å². The molecule has 0 saturated carbocycles. The van der Waals surface area contributed by atoms with Gasteiger partial charge in [0, 0.05) is 19.3 Å². The van der Waals surface area contributed by atoms with E-state index >= 15 is 0 Å². The van der Waals surface area contributed by atoms with Gasteiger partial charge < -0.3 is 0 Å². The van der Waals surface area contributed by atoms with Gasteiger partial charge in [0.15, 0.2) is 0 Å². The van der Waals surface area contributed by atoms with Gasteiger partial charge in [0.25, 0.3) is 0 Å². The molecule has 4 heteroatoms. The lowest BCUT2D eigenvalue weighted by molar-refractivity contribution is 1.22. The number of halogens is 3. The molecular weight excluding hydrogens is 406 g/mol. The first-order chi connectivity index (χ1) is 7.15. The highest BCUT2D eigenvalue weighted by Gasteiger charge is 2.04. The Balaban J connectivity index is 2.27. The second-order valence-electron chi connectivity index (χ2n) is 3.12. The molecule has 2 aromatic rings. The Hall–Kier alpha value is 0.420. The van der Waals surface area contributed by atoms with Crippen molar-refractivity contribution in [3.8, 4) is 0 Å². The maximum Gasteiger partial charge on any atom is 0.0931 e. The van der Waals surface area contributed by atoms with Crippen LogP contribution < -0.4 is 0 Å². The maximum atomic E-state index is 5.91. The number of benzene rings is 1. The summed E-state index contributed by atoms with van der Waals surface area (Å²) in [5.41, 5.74) is 1.34. The highest BCUT2D eigenvalue weighted by atomic mass is 127. The molecule has 0 nitrogen and oxygen atoms in total. The van der Waals surface area contributed by atoms with E-state index in [1.165, 1.54) is 14.0 Å². The first-order valence-electron chi connectivity index (χ1n) is 4.33. The number of hydrogen-bond acceptors (Lipinski definition) is 1. The summed E-state index contributed by atoms with van der Waals surface area (Å²) < 4.78 is 3.27. The first kappa shape index (κ1) is 11.9. The quantitative estimate of drug-likeness (QED) is 0.582. The molecule has 0 fully saturated rings. The van der Waals surface area contributed by atoms with Crippen LogP contribution in [0.1, 0.15) is 10.4 Å². The van der Waals surface area contributed by atoms with Crippen LogP contribution in [0.5, 0.6) is 0 Å². The topological polar surface area (TPSA) is 0 Å². The van der Waals surface area contributed by atoms with E-state index in [0.29, 0.717) is 0 Å². The standard InChI is InChI=1S/C11H7BrClIS/c12-8-1-3-10(14)7(5-8)6-9-2-4-11(13)15-9/h1-5H,6H2. The molecule has 0 amide bonds. The number of hydrogen-bond donors (Lipinski definition) is 0. The molecule has 0 N–H and O–H groups in total. The lowest BCUT2D eigenvalue weighted by atomic mass is 10.1. The minimum absolute atomic E-state index is 0.856. The predicted octanol–water partition coefficient (Wildman–Crippen LogP) is 5.36. The molecule has 1 aromatic carbocycles. The molecule has 1 heterocycles. The molecule has 0 spiro atoms. The van der Waals surface area contributed by atoms with Gasteiger partial charge in [-0.1, -0.05) is 27.5 Å². The fourth-order valence-electron chi connectivity index (χ4n) is 1.31. The van der Waals surface area contributed by atoms with Crippen molar-refractivity contribution in [1.82, 2.24) is 0 Å². The zero-order valence-corrected chi connectivity index (χ0v) is 13.0. The third-order valence-corrected chi connectivity index (χ3v) is 4.78. The van der Waals surface area contributed by atoms with Crippen LogP contribution >= 0.6 is 61.5 Å². The zero-order chi connectivity index (χ0) is 10.8. The molecular formula is C11H7BrClIS. The van der Waals surface area contributed by atoms with Gasteiger partial charge >= 0.3 is 0 Å². The van der Waals surface area contributed by atoms with Gasteiger partial charge in [-0.05, 0) is 58.5 Å². The van der Waals surface area contributed by atoms with Gasteiger partial charge in [-0.2, -0.15) is 0 Å². The molecule has 1 aromatic heterocycles. The lowest BCUT2D eigenvalue weighted by Gasteiger charge is -2.03. The SMILES string of the molecule is Clc1ccc(Cc2cc(Br)ccc2I)s1. The molecule has 0 saturated heterocycles. The second-order valence-corrected chi connectivity index (χ2v) is 7.00. The van der Waals surface area contributed by atoms with Crippen LogP contribution in [0.15, 0.2) is 34.8 Å². The summed E-state index contributed by atoms with van der Waals surface area (Å²) in [5.74, 6) is 0. The van der Waals surface area contributed by atoms with Crippen molar-refractivity contribution in [3.05, 3.63) is 53.2 Å². The molecule has 0 aliphatic heterocycles. The van der Waals surface area contributed by atoms with Crippen LogP contribution in [0.4, 0.5) is 0 Å². The predicted molar refractivity (Wildman–Crippen MR) is 79.0 cm³/mol. The van der Waals surface area contributed by atoms with E-state index < -0.39 is 0 Å². The average Bonchev–Trinajstić information content (AvgIpc) is 2.58. The molecule has 0 atom stereocenters. The Morgan fingerprint density at radius 3 is 2.73 bits per heavy atom. The van der Waals surface area contributed by atoms with Gasteiger partial charge in [-0.25, -0.2) is 0 Å². The van der Waals surface area contributed by atoms with Gasteiger partial charge in [0.2, 0.25) is 0 Å².